The van der Waals surface area contributed by atoms with Crippen LogP contribution < -0.4 is 0 Å². The lowest BCUT2D eigenvalue weighted by Crippen LogP contribution is -1.95. The Balaban J connectivity index is 1.45. The van der Waals surface area contributed by atoms with Gasteiger partial charge in [0.05, 0.1) is 28.3 Å². The number of aromatic nitrogens is 4. The van der Waals surface area contributed by atoms with E-state index in [9.17, 15) is 9.90 Å². The Bertz CT molecular complexity index is 2550. The molecule has 0 unspecified atom stereocenters. The number of carboxylic acids is 1. The van der Waals surface area contributed by atoms with Crippen LogP contribution >= 0.6 is 0 Å². The number of hydrogen-bond acceptors (Lipinski definition) is 3. The van der Waals surface area contributed by atoms with Crippen LogP contribution in [0.4, 0.5) is 0 Å². The van der Waals surface area contributed by atoms with Crippen molar-refractivity contribution in [3.8, 4) is 44.5 Å². The number of nitrogens with one attached hydrogen (secondary N) is 2. The standard InChI is InChI=1S/C45H34N4O2/c50-45(51)32-18-16-31(17-19-32)44-39-26-24-37(48-39)42(29-12-6-2-7-13-29)35-22-20-33(46-35)41(28-10-4-1-5-11-28)34-21-23-36(47-34)43(30-14-8-3-9-15-30)38-25-27-40(44)49-38/h1-20,22,25,27,46,49H,21,23-24,26H2,(H,50,51). The minimum Gasteiger partial charge on any atom is -0.478 e. The van der Waals surface area contributed by atoms with Crippen LogP contribution in [0.5, 0.6) is 0 Å². The molecule has 2 aliphatic heterocycles. The SMILES string of the molecule is O=C(O)c1ccc(-c2c3nc(c(-c4ccccc4)c4ccc([nH]4)c(-c4ccccc4)c4nc(c(-c5ccccc5)c5ccc2[nH]5)CC4)CC3)cc1. The Labute approximate surface area is 295 Å². The molecule has 0 aliphatic carbocycles. The lowest BCUT2D eigenvalue weighted by Gasteiger charge is -2.07. The van der Waals surface area contributed by atoms with Gasteiger partial charge in [-0.05, 0) is 84.3 Å². The molecule has 9 rings (SSSR count). The first-order valence-electron chi connectivity index (χ1n) is 17.4. The monoisotopic (exact) mass is 662 g/mol. The summed E-state index contributed by atoms with van der Waals surface area (Å²) in [5, 5.41) is 9.65. The maximum absolute atomic E-state index is 11.8. The van der Waals surface area contributed by atoms with Gasteiger partial charge in [-0.3, -0.25) is 9.97 Å². The lowest BCUT2D eigenvalue weighted by atomic mass is 10.00. The molecule has 0 fully saturated rings. The van der Waals surface area contributed by atoms with E-state index in [0.29, 0.717) is 0 Å². The first-order valence-corrected chi connectivity index (χ1v) is 17.4. The summed E-state index contributed by atoms with van der Waals surface area (Å²) >= 11 is 0. The Hall–Kier alpha value is -6.53. The highest BCUT2D eigenvalue weighted by Gasteiger charge is 2.22. The fraction of sp³-hybridized carbons (Fsp3) is 0.0889. The zero-order valence-corrected chi connectivity index (χ0v) is 27.9. The van der Waals surface area contributed by atoms with Crippen molar-refractivity contribution in [2.45, 2.75) is 25.7 Å². The van der Waals surface area contributed by atoms with Gasteiger partial charge in [-0.25, -0.2) is 4.79 Å². The van der Waals surface area contributed by atoms with Gasteiger partial charge in [0.25, 0.3) is 0 Å². The smallest absolute Gasteiger partial charge is 0.335 e. The molecule has 6 heteroatoms. The van der Waals surface area contributed by atoms with Crippen LogP contribution in [-0.2, 0) is 25.7 Å². The fourth-order valence-electron chi connectivity index (χ4n) is 7.62. The van der Waals surface area contributed by atoms with Crippen LogP contribution in [0.15, 0.2) is 140 Å². The van der Waals surface area contributed by atoms with Crippen molar-refractivity contribution in [3.05, 3.63) is 168 Å². The Morgan fingerprint density at radius 2 is 0.706 bits per heavy atom. The van der Waals surface area contributed by atoms with Crippen LogP contribution in [0.1, 0.15) is 33.1 Å². The van der Waals surface area contributed by atoms with Gasteiger partial charge in [-0.2, -0.15) is 0 Å². The molecule has 5 heterocycles. The summed E-state index contributed by atoms with van der Waals surface area (Å²) in [6, 6.07) is 47.2. The van der Waals surface area contributed by atoms with Gasteiger partial charge in [0, 0.05) is 44.3 Å². The number of benzene rings is 4. The van der Waals surface area contributed by atoms with Crippen LogP contribution in [0.3, 0.4) is 0 Å². The van der Waals surface area contributed by atoms with Gasteiger partial charge in [0.15, 0.2) is 0 Å². The summed E-state index contributed by atoms with van der Waals surface area (Å²) in [7, 11) is 0. The van der Waals surface area contributed by atoms with Crippen LogP contribution in [0.2, 0.25) is 0 Å². The predicted molar refractivity (Wildman–Crippen MR) is 205 cm³/mol. The van der Waals surface area contributed by atoms with E-state index < -0.39 is 5.97 Å². The minimum atomic E-state index is -0.948. The second-order valence-corrected chi connectivity index (χ2v) is 13.1. The number of aromatic carboxylic acids is 1. The zero-order chi connectivity index (χ0) is 34.3. The van der Waals surface area contributed by atoms with E-state index in [2.05, 4.69) is 113 Å². The highest BCUT2D eigenvalue weighted by atomic mass is 16.4. The van der Waals surface area contributed by atoms with Crippen molar-refractivity contribution in [1.29, 1.82) is 0 Å². The van der Waals surface area contributed by atoms with Gasteiger partial charge in [0.1, 0.15) is 0 Å². The van der Waals surface area contributed by atoms with E-state index in [1.165, 1.54) is 0 Å². The van der Waals surface area contributed by atoms with Crippen LogP contribution in [0.25, 0.3) is 66.6 Å². The second-order valence-electron chi connectivity index (χ2n) is 13.1. The van der Waals surface area contributed by atoms with Crippen LogP contribution in [0, 0.1) is 0 Å². The van der Waals surface area contributed by atoms with Gasteiger partial charge in [0.2, 0.25) is 0 Å². The number of nitrogens with zero attached hydrogens (tertiary/aromatic N) is 2. The number of H-pyrrole nitrogens is 2. The summed E-state index contributed by atoms with van der Waals surface area (Å²) in [6.45, 7) is 0. The Kier molecular flexibility index (Phi) is 7.62. The van der Waals surface area contributed by atoms with Crippen molar-refractivity contribution >= 4 is 28.0 Å². The molecular formula is C45H34N4O2. The third kappa shape index (κ3) is 5.61. The molecule has 0 saturated heterocycles. The highest BCUT2D eigenvalue weighted by Crippen LogP contribution is 2.38. The van der Waals surface area contributed by atoms with Crippen LogP contribution in [-0.4, -0.2) is 31.0 Å². The molecule has 0 amide bonds. The molecule has 6 nitrogen and oxygen atoms in total. The predicted octanol–water partition coefficient (Wildman–Crippen LogP) is 10.3. The second kappa shape index (κ2) is 12.7. The maximum Gasteiger partial charge on any atom is 0.335 e. The summed E-state index contributed by atoms with van der Waals surface area (Å²) in [5.41, 5.74) is 16.7. The van der Waals surface area contributed by atoms with Crippen molar-refractivity contribution in [2.75, 3.05) is 0 Å². The average Bonchev–Trinajstić information content (AvgIpc) is 4.01. The van der Waals surface area contributed by atoms with E-state index in [4.69, 9.17) is 9.97 Å². The van der Waals surface area contributed by atoms with E-state index >= 15 is 0 Å². The Morgan fingerprint density at radius 1 is 0.412 bits per heavy atom. The first-order chi connectivity index (χ1) is 25.1. The number of carbonyl (C=O) groups is 1. The molecule has 7 aromatic rings. The highest BCUT2D eigenvalue weighted by molar-refractivity contribution is 5.93. The van der Waals surface area contributed by atoms with Crippen molar-refractivity contribution < 1.29 is 9.90 Å². The van der Waals surface area contributed by atoms with Gasteiger partial charge < -0.3 is 15.1 Å². The van der Waals surface area contributed by atoms with E-state index in [0.717, 1.165) is 115 Å². The van der Waals surface area contributed by atoms with E-state index in [1.54, 1.807) is 12.1 Å². The molecule has 3 aromatic heterocycles. The molecule has 4 aromatic carbocycles. The van der Waals surface area contributed by atoms with Gasteiger partial charge >= 0.3 is 5.97 Å². The van der Waals surface area contributed by atoms with Crippen molar-refractivity contribution in [1.82, 2.24) is 19.9 Å². The average molecular weight is 663 g/mol. The maximum atomic E-state index is 11.8. The Morgan fingerprint density at radius 3 is 1.00 bits per heavy atom. The number of carboxylic acid groups (broad SMARTS) is 1. The molecule has 51 heavy (non-hydrogen) atoms. The molecule has 3 N–H and O–H groups in total. The molecule has 0 radical (unpaired) electrons. The largest absolute Gasteiger partial charge is 0.478 e. The number of fused-ring (bicyclic) bond motifs is 8. The molecule has 246 valence electrons. The molecule has 8 bridgehead atoms. The normalized spacial score (nSPS) is 12.5. The van der Waals surface area contributed by atoms with Crippen molar-refractivity contribution in [2.24, 2.45) is 0 Å². The summed E-state index contributed by atoms with van der Waals surface area (Å²) in [6.07, 6.45) is 3.12. The molecule has 2 aliphatic rings. The molecule has 0 spiro atoms. The fourth-order valence-corrected chi connectivity index (χ4v) is 7.62. The minimum absolute atomic E-state index is 0.250. The molecule has 0 saturated carbocycles. The lowest BCUT2D eigenvalue weighted by molar-refractivity contribution is 0.0697. The quantitative estimate of drug-likeness (QED) is 0.171. The zero-order valence-electron chi connectivity index (χ0n) is 27.9. The third-order valence-corrected chi connectivity index (χ3v) is 9.95. The van der Waals surface area contributed by atoms with Gasteiger partial charge in [-0.1, -0.05) is 103 Å². The van der Waals surface area contributed by atoms with E-state index in [1.807, 2.05) is 24.3 Å². The van der Waals surface area contributed by atoms with Crippen molar-refractivity contribution in [3.63, 3.8) is 0 Å². The number of hydrogen-bond donors (Lipinski definition) is 3. The van der Waals surface area contributed by atoms with Gasteiger partial charge in [-0.15, -0.1) is 0 Å². The summed E-state index contributed by atoms with van der Waals surface area (Å²) in [4.78, 5) is 30.3. The van der Waals surface area contributed by atoms with E-state index in [-0.39, 0.29) is 5.56 Å². The first kappa shape index (κ1) is 30.5. The summed E-state index contributed by atoms with van der Waals surface area (Å²) in [5.74, 6) is -0.948. The number of aromatic amines is 2. The molecular weight excluding hydrogens is 629 g/mol. The number of aryl methyl sites for hydroxylation is 4. The summed E-state index contributed by atoms with van der Waals surface area (Å²) < 4.78 is 0. The molecule has 0 atom stereocenters. The topological polar surface area (TPSA) is 94.7 Å². The number of rotatable bonds is 5. The third-order valence-electron chi connectivity index (χ3n) is 9.95.